The van der Waals surface area contributed by atoms with Crippen LogP contribution in [0.3, 0.4) is 0 Å². The highest BCUT2D eigenvalue weighted by atomic mass is 16.5. The molecule has 0 N–H and O–H groups in total. The molecule has 1 aromatic heterocycles. The molecule has 0 radical (unpaired) electrons. The van der Waals surface area contributed by atoms with E-state index in [2.05, 4.69) is 9.97 Å². The number of carbonyl (C=O) groups excluding carboxylic acids is 1. The highest BCUT2D eigenvalue weighted by Crippen LogP contribution is 2.33. The second-order valence-corrected chi connectivity index (χ2v) is 6.06. The van der Waals surface area contributed by atoms with Crippen LogP contribution in [0.5, 0.6) is 17.4 Å². The van der Waals surface area contributed by atoms with Crippen molar-refractivity contribution >= 4 is 5.91 Å². The van der Waals surface area contributed by atoms with Crippen molar-refractivity contribution in [2.45, 2.75) is 32.1 Å². The molecular weight excluding hydrogens is 318 g/mol. The maximum absolute atomic E-state index is 12.0. The van der Waals surface area contributed by atoms with E-state index in [0.29, 0.717) is 24.6 Å². The normalized spacial score (nSPS) is 17.2. The molecule has 1 fully saturated rings. The van der Waals surface area contributed by atoms with Gasteiger partial charge in [0, 0.05) is 43.9 Å². The first-order chi connectivity index (χ1) is 12.2. The van der Waals surface area contributed by atoms with Crippen LogP contribution in [-0.2, 0) is 4.79 Å². The molecule has 1 aromatic carbocycles. The third-order valence-corrected chi connectivity index (χ3v) is 4.41. The fourth-order valence-corrected chi connectivity index (χ4v) is 3.12. The molecule has 1 unspecified atom stereocenters. The second-order valence-electron chi connectivity index (χ2n) is 6.06. The summed E-state index contributed by atoms with van der Waals surface area (Å²) < 4.78 is 11.2. The third kappa shape index (κ3) is 4.07. The fourth-order valence-electron chi connectivity index (χ4n) is 3.12. The number of ether oxygens (including phenoxy) is 2. The van der Waals surface area contributed by atoms with Crippen LogP contribution in [0.4, 0.5) is 0 Å². The van der Waals surface area contributed by atoms with E-state index in [-0.39, 0.29) is 11.8 Å². The predicted molar refractivity (Wildman–Crippen MR) is 93.9 cm³/mol. The van der Waals surface area contributed by atoms with Gasteiger partial charge in [-0.25, -0.2) is 4.98 Å². The topological polar surface area (TPSA) is 64.6 Å². The Bertz CT molecular complexity index is 735. The molecule has 0 aliphatic carbocycles. The lowest BCUT2D eigenvalue weighted by Crippen LogP contribution is -2.39. The van der Waals surface area contributed by atoms with Crippen molar-refractivity contribution in [3.8, 4) is 17.4 Å². The summed E-state index contributed by atoms with van der Waals surface area (Å²) in [5.41, 5.74) is 0.805. The minimum Gasteiger partial charge on any atom is -0.497 e. The number of nitrogens with zero attached hydrogens (tertiary/aromatic N) is 3. The number of benzene rings is 1. The maximum atomic E-state index is 12.0. The lowest BCUT2D eigenvalue weighted by atomic mass is 9.94. The summed E-state index contributed by atoms with van der Waals surface area (Å²) in [6.07, 6.45) is 5.76. The summed E-state index contributed by atoms with van der Waals surface area (Å²) in [5.74, 6) is 2.19. The number of hydrogen-bond acceptors (Lipinski definition) is 5. The number of hydrogen-bond donors (Lipinski definition) is 0. The zero-order valence-corrected chi connectivity index (χ0v) is 14.6. The lowest BCUT2D eigenvalue weighted by Gasteiger charge is -2.32. The summed E-state index contributed by atoms with van der Waals surface area (Å²) in [4.78, 5) is 22.8. The number of piperidine rings is 1. The summed E-state index contributed by atoms with van der Waals surface area (Å²) in [5, 5.41) is 0. The van der Waals surface area contributed by atoms with Crippen LogP contribution in [-0.4, -0.2) is 41.0 Å². The van der Waals surface area contributed by atoms with E-state index < -0.39 is 0 Å². The van der Waals surface area contributed by atoms with E-state index in [1.165, 1.54) is 0 Å². The minimum atomic E-state index is 0.138. The number of methoxy groups -OCH3 is 1. The van der Waals surface area contributed by atoms with E-state index >= 15 is 0 Å². The SMILES string of the molecule is CCC(=O)N1CCCC(c2nccnc2Oc2cccc(OC)c2)C1. The fraction of sp³-hybridized carbons (Fsp3) is 0.421. The Morgan fingerprint density at radius 3 is 2.88 bits per heavy atom. The van der Waals surface area contributed by atoms with Gasteiger partial charge in [-0.05, 0) is 25.0 Å². The van der Waals surface area contributed by atoms with Crippen LogP contribution in [0.2, 0.25) is 0 Å². The first-order valence-electron chi connectivity index (χ1n) is 8.61. The molecule has 0 saturated carbocycles. The van der Waals surface area contributed by atoms with E-state index in [1.54, 1.807) is 19.5 Å². The quantitative estimate of drug-likeness (QED) is 0.834. The molecule has 1 aliphatic rings. The molecule has 0 spiro atoms. The van der Waals surface area contributed by atoms with Gasteiger partial charge in [-0.2, -0.15) is 0 Å². The molecule has 1 atom stereocenters. The second kappa shape index (κ2) is 7.96. The highest BCUT2D eigenvalue weighted by molar-refractivity contribution is 5.76. The van der Waals surface area contributed by atoms with Crippen molar-refractivity contribution in [3.05, 3.63) is 42.4 Å². The molecule has 1 aliphatic heterocycles. The molecule has 2 aromatic rings. The van der Waals surface area contributed by atoms with Crippen molar-refractivity contribution in [2.75, 3.05) is 20.2 Å². The molecule has 1 saturated heterocycles. The van der Waals surface area contributed by atoms with Gasteiger partial charge in [0.1, 0.15) is 17.2 Å². The Morgan fingerprint density at radius 2 is 2.08 bits per heavy atom. The smallest absolute Gasteiger partial charge is 0.241 e. The van der Waals surface area contributed by atoms with Crippen molar-refractivity contribution < 1.29 is 14.3 Å². The molecule has 6 nitrogen and oxygen atoms in total. The van der Waals surface area contributed by atoms with Crippen LogP contribution in [0, 0.1) is 0 Å². The zero-order valence-electron chi connectivity index (χ0n) is 14.6. The number of carbonyl (C=O) groups is 1. The predicted octanol–water partition coefficient (Wildman–Crippen LogP) is 3.39. The minimum absolute atomic E-state index is 0.138. The molecule has 1 amide bonds. The van der Waals surface area contributed by atoms with Crippen LogP contribution in [0.15, 0.2) is 36.7 Å². The van der Waals surface area contributed by atoms with Crippen LogP contribution in [0.1, 0.15) is 37.8 Å². The van der Waals surface area contributed by atoms with Gasteiger partial charge in [0.15, 0.2) is 0 Å². The summed E-state index contributed by atoms with van der Waals surface area (Å²) in [6.45, 7) is 3.38. The first-order valence-corrected chi connectivity index (χ1v) is 8.61. The Hall–Kier alpha value is -2.63. The lowest BCUT2D eigenvalue weighted by molar-refractivity contribution is -0.132. The molecular formula is C19H23N3O3. The Labute approximate surface area is 147 Å². The largest absolute Gasteiger partial charge is 0.497 e. The first kappa shape index (κ1) is 17.2. The van der Waals surface area contributed by atoms with Gasteiger partial charge in [-0.1, -0.05) is 13.0 Å². The molecule has 6 heteroatoms. The number of aromatic nitrogens is 2. The van der Waals surface area contributed by atoms with Crippen LogP contribution >= 0.6 is 0 Å². The van der Waals surface area contributed by atoms with Crippen molar-refractivity contribution in [1.29, 1.82) is 0 Å². The average Bonchev–Trinajstić information content (AvgIpc) is 2.68. The van der Waals surface area contributed by atoms with Gasteiger partial charge in [0.05, 0.1) is 7.11 Å². The molecule has 3 rings (SSSR count). The van der Waals surface area contributed by atoms with Gasteiger partial charge in [0.25, 0.3) is 0 Å². The van der Waals surface area contributed by atoms with E-state index in [9.17, 15) is 4.79 Å². The molecule has 132 valence electrons. The van der Waals surface area contributed by atoms with Gasteiger partial charge < -0.3 is 14.4 Å². The van der Waals surface area contributed by atoms with Crippen molar-refractivity contribution in [3.63, 3.8) is 0 Å². The van der Waals surface area contributed by atoms with Gasteiger partial charge >= 0.3 is 0 Å². The summed E-state index contributed by atoms with van der Waals surface area (Å²) >= 11 is 0. The molecule has 25 heavy (non-hydrogen) atoms. The van der Waals surface area contributed by atoms with Crippen molar-refractivity contribution in [1.82, 2.24) is 14.9 Å². The van der Waals surface area contributed by atoms with Crippen LogP contribution in [0.25, 0.3) is 0 Å². The van der Waals surface area contributed by atoms with E-state index in [4.69, 9.17) is 9.47 Å². The van der Waals surface area contributed by atoms with Gasteiger partial charge in [0.2, 0.25) is 11.8 Å². The number of amides is 1. The zero-order chi connectivity index (χ0) is 17.6. The standard InChI is InChI=1S/C19H23N3O3/c1-3-17(23)22-11-5-6-14(13-22)18-19(21-10-9-20-18)25-16-8-4-7-15(12-16)24-2/h4,7-10,12,14H,3,5-6,11,13H2,1-2H3. The van der Waals surface area contributed by atoms with E-state index in [1.807, 2.05) is 36.1 Å². The number of rotatable bonds is 5. The van der Waals surface area contributed by atoms with Gasteiger partial charge in [-0.15, -0.1) is 0 Å². The van der Waals surface area contributed by atoms with Crippen molar-refractivity contribution in [2.24, 2.45) is 0 Å². The Morgan fingerprint density at radius 1 is 1.28 bits per heavy atom. The maximum Gasteiger partial charge on any atom is 0.241 e. The van der Waals surface area contributed by atoms with E-state index in [0.717, 1.165) is 30.8 Å². The summed E-state index contributed by atoms with van der Waals surface area (Å²) in [7, 11) is 1.62. The van der Waals surface area contributed by atoms with Crippen LogP contribution < -0.4 is 9.47 Å². The monoisotopic (exact) mass is 341 g/mol. The number of likely N-dealkylation sites (tertiary alicyclic amines) is 1. The summed E-state index contributed by atoms with van der Waals surface area (Å²) in [6, 6.07) is 7.40. The molecule has 0 bridgehead atoms. The average molecular weight is 341 g/mol. The third-order valence-electron chi connectivity index (χ3n) is 4.41. The highest BCUT2D eigenvalue weighted by Gasteiger charge is 2.27. The Balaban J connectivity index is 1.81. The molecule has 2 heterocycles. The van der Waals surface area contributed by atoms with Gasteiger partial charge in [-0.3, -0.25) is 9.78 Å². The Kier molecular flexibility index (Phi) is 5.48.